The SMILES string of the molecule is C/C=C/C(C)(C)CCC(C)C. The molecule has 0 rings (SSSR count). The predicted octanol–water partition coefficient (Wildman–Crippen LogP) is 4.02. The Morgan fingerprint density at radius 3 is 2.18 bits per heavy atom. The van der Waals surface area contributed by atoms with E-state index < -0.39 is 0 Å². The van der Waals surface area contributed by atoms with Crippen LogP contribution in [0, 0.1) is 11.3 Å². The summed E-state index contributed by atoms with van der Waals surface area (Å²) in [6.45, 7) is 11.3. The quantitative estimate of drug-likeness (QED) is 0.536. The molecule has 0 fully saturated rings. The van der Waals surface area contributed by atoms with Crippen molar-refractivity contribution in [2.45, 2.75) is 47.5 Å². The van der Waals surface area contributed by atoms with Crippen molar-refractivity contribution in [1.82, 2.24) is 0 Å². The normalized spacial score (nSPS) is 13.3. The minimum Gasteiger partial charge on any atom is -0.0911 e. The van der Waals surface area contributed by atoms with Crippen molar-refractivity contribution in [2.24, 2.45) is 11.3 Å². The topological polar surface area (TPSA) is 0 Å². The summed E-state index contributed by atoms with van der Waals surface area (Å²) in [6, 6.07) is 0. The van der Waals surface area contributed by atoms with Gasteiger partial charge in [0.05, 0.1) is 0 Å². The Bertz CT molecular complexity index is 118. The van der Waals surface area contributed by atoms with Crippen molar-refractivity contribution in [3.05, 3.63) is 12.2 Å². The highest BCUT2D eigenvalue weighted by molar-refractivity contribution is 4.92. The van der Waals surface area contributed by atoms with Crippen LogP contribution >= 0.6 is 0 Å². The summed E-state index contributed by atoms with van der Waals surface area (Å²) in [4.78, 5) is 0. The fourth-order valence-corrected chi connectivity index (χ4v) is 1.20. The standard InChI is InChI=1S/C11H22/c1-6-8-11(4,5)9-7-10(2)3/h6,8,10H,7,9H2,1-5H3/b8-6+. The van der Waals surface area contributed by atoms with E-state index in [1.54, 1.807) is 0 Å². The molecule has 0 N–H and O–H groups in total. The van der Waals surface area contributed by atoms with Gasteiger partial charge in [-0.2, -0.15) is 0 Å². The van der Waals surface area contributed by atoms with Gasteiger partial charge in [0, 0.05) is 0 Å². The zero-order valence-electron chi connectivity index (χ0n) is 8.65. The Kier molecular flexibility index (Phi) is 4.48. The van der Waals surface area contributed by atoms with Crippen LogP contribution in [0.3, 0.4) is 0 Å². The van der Waals surface area contributed by atoms with Crippen molar-refractivity contribution in [2.75, 3.05) is 0 Å². The maximum Gasteiger partial charge on any atom is -0.0175 e. The van der Waals surface area contributed by atoms with E-state index in [0.717, 1.165) is 5.92 Å². The first-order valence-corrected chi connectivity index (χ1v) is 4.62. The Morgan fingerprint density at radius 1 is 1.27 bits per heavy atom. The van der Waals surface area contributed by atoms with Crippen LogP contribution in [0.5, 0.6) is 0 Å². The molecule has 0 heterocycles. The highest BCUT2D eigenvalue weighted by atomic mass is 14.2. The second-order valence-electron chi connectivity index (χ2n) is 4.42. The highest BCUT2D eigenvalue weighted by Crippen LogP contribution is 2.25. The molecule has 0 aromatic rings. The van der Waals surface area contributed by atoms with Crippen LogP contribution in [-0.2, 0) is 0 Å². The molecule has 0 bridgehead atoms. The molecule has 0 saturated carbocycles. The van der Waals surface area contributed by atoms with Crippen molar-refractivity contribution in [3.63, 3.8) is 0 Å². The van der Waals surface area contributed by atoms with Gasteiger partial charge in [-0.25, -0.2) is 0 Å². The van der Waals surface area contributed by atoms with Crippen LogP contribution in [0.4, 0.5) is 0 Å². The van der Waals surface area contributed by atoms with Crippen LogP contribution in [-0.4, -0.2) is 0 Å². The fourth-order valence-electron chi connectivity index (χ4n) is 1.20. The van der Waals surface area contributed by atoms with Gasteiger partial charge in [0.25, 0.3) is 0 Å². The number of hydrogen-bond acceptors (Lipinski definition) is 0. The summed E-state index contributed by atoms with van der Waals surface area (Å²) >= 11 is 0. The number of hydrogen-bond donors (Lipinski definition) is 0. The smallest absolute Gasteiger partial charge is 0.0175 e. The second-order valence-corrected chi connectivity index (χ2v) is 4.42. The lowest BCUT2D eigenvalue weighted by Crippen LogP contribution is -2.08. The zero-order chi connectivity index (χ0) is 8.91. The molecule has 0 amide bonds. The summed E-state index contributed by atoms with van der Waals surface area (Å²) in [7, 11) is 0. The Hall–Kier alpha value is -0.260. The van der Waals surface area contributed by atoms with E-state index in [0.29, 0.717) is 5.41 Å². The van der Waals surface area contributed by atoms with E-state index in [2.05, 4.69) is 46.8 Å². The minimum absolute atomic E-state index is 0.402. The first-order valence-electron chi connectivity index (χ1n) is 4.62. The van der Waals surface area contributed by atoms with Crippen LogP contribution in [0.1, 0.15) is 47.5 Å². The average molecular weight is 154 g/mol. The lowest BCUT2D eigenvalue weighted by molar-refractivity contribution is 0.383. The molecule has 0 unspecified atom stereocenters. The summed E-state index contributed by atoms with van der Waals surface area (Å²) in [5, 5.41) is 0. The molecular weight excluding hydrogens is 132 g/mol. The molecule has 0 aromatic carbocycles. The Balaban J connectivity index is 3.72. The second kappa shape index (κ2) is 4.58. The molecule has 11 heavy (non-hydrogen) atoms. The molecule has 0 atom stereocenters. The molecule has 0 aliphatic heterocycles. The number of allylic oxidation sites excluding steroid dienone is 2. The van der Waals surface area contributed by atoms with Crippen molar-refractivity contribution < 1.29 is 0 Å². The van der Waals surface area contributed by atoms with Gasteiger partial charge in [-0.3, -0.25) is 0 Å². The van der Waals surface area contributed by atoms with Crippen molar-refractivity contribution in [1.29, 1.82) is 0 Å². The van der Waals surface area contributed by atoms with Crippen LogP contribution < -0.4 is 0 Å². The van der Waals surface area contributed by atoms with E-state index >= 15 is 0 Å². The molecule has 0 aliphatic carbocycles. The molecule has 0 spiro atoms. The molecule has 0 radical (unpaired) electrons. The lowest BCUT2D eigenvalue weighted by atomic mass is 9.85. The Morgan fingerprint density at radius 2 is 1.82 bits per heavy atom. The summed E-state index contributed by atoms with van der Waals surface area (Å²) in [6.07, 6.45) is 7.09. The van der Waals surface area contributed by atoms with Gasteiger partial charge in [0.2, 0.25) is 0 Å². The molecular formula is C11H22. The van der Waals surface area contributed by atoms with Crippen LogP contribution in [0.15, 0.2) is 12.2 Å². The largest absolute Gasteiger partial charge is 0.0911 e. The Labute approximate surface area is 71.7 Å². The van der Waals surface area contributed by atoms with E-state index in [9.17, 15) is 0 Å². The van der Waals surface area contributed by atoms with Gasteiger partial charge < -0.3 is 0 Å². The number of rotatable bonds is 4. The van der Waals surface area contributed by atoms with E-state index in [1.165, 1.54) is 12.8 Å². The van der Waals surface area contributed by atoms with Gasteiger partial charge in [-0.1, -0.05) is 46.3 Å². The van der Waals surface area contributed by atoms with Crippen molar-refractivity contribution in [3.8, 4) is 0 Å². The summed E-state index contributed by atoms with van der Waals surface area (Å²) in [5.41, 5.74) is 0.402. The summed E-state index contributed by atoms with van der Waals surface area (Å²) in [5.74, 6) is 0.833. The molecule has 0 saturated heterocycles. The third kappa shape index (κ3) is 6.15. The highest BCUT2D eigenvalue weighted by Gasteiger charge is 2.13. The van der Waals surface area contributed by atoms with Gasteiger partial charge in [-0.15, -0.1) is 0 Å². The van der Waals surface area contributed by atoms with E-state index in [1.807, 2.05) is 0 Å². The summed E-state index contributed by atoms with van der Waals surface area (Å²) < 4.78 is 0. The minimum atomic E-state index is 0.402. The molecule has 66 valence electrons. The molecule has 0 aromatic heterocycles. The van der Waals surface area contributed by atoms with Gasteiger partial charge in [0.15, 0.2) is 0 Å². The monoisotopic (exact) mass is 154 g/mol. The average Bonchev–Trinajstić information content (AvgIpc) is 1.84. The third-order valence-electron chi connectivity index (χ3n) is 1.98. The molecule has 0 heteroatoms. The first-order chi connectivity index (χ1) is 4.98. The lowest BCUT2D eigenvalue weighted by Gasteiger charge is -2.20. The molecule has 0 aliphatic rings. The maximum absolute atomic E-state index is 2.30. The maximum atomic E-state index is 2.30. The van der Waals surface area contributed by atoms with Crippen LogP contribution in [0.25, 0.3) is 0 Å². The predicted molar refractivity (Wildman–Crippen MR) is 52.7 cm³/mol. The third-order valence-corrected chi connectivity index (χ3v) is 1.98. The van der Waals surface area contributed by atoms with Gasteiger partial charge >= 0.3 is 0 Å². The first kappa shape index (κ1) is 10.7. The fraction of sp³-hybridized carbons (Fsp3) is 0.818. The zero-order valence-corrected chi connectivity index (χ0v) is 8.65. The van der Waals surface area contributed by atoms with Gasteiger partial charge in [-0.05, 0) is 24.7 Å². The van der Waals surface area contributed by atoms with Gasteiger partial charge in [0.1, 0.15) is 0 Å². The molecule has 0 nitrogen and oxygen atoms in total. The van der Waals surface area contributed by atoms with Crippen molar-refractivity contribution >= 4 is 0 Å². The van der Waals surface area contributed by atoms with E-state index in [4.69, 9.17) is 0 Å². The van der Waals surface area contributed by atoms with E-state index in [-0.39, 0.29) is 0 Å². The van der Waals surface area contributed by atoms with Crippen LogP contribution in [0.2, 0.25) is 0 Å².